The van der Waals surface area contributed by atoms with Crippen molar-refractivity contribution in [2.24, 2.45) is 0 Å². The minimum absolute atomic E-state index is 0.711. The van der Waals surface area contributed by atoms with Gasteiger partial charge >= 0.3 is 0 Å². The number of hydrogen-bond acceptors (Lipinski definition) is 3. The van der Waals surface area contributed by atoms with Gasteiger partial charge in [-0.05, 0) is 24.0 Å². The number of aromatic nitrogens is 2. The Labute approximate surface area is 103 Å². The third-order valence-electron chi connectivity index (χ3n) is 2.51. The Morgan fingerprint density at radius 2 is 1.33 bits per heavy atom. The summed E-state index contributed by atoms with van der Waals surface area (Å²) in [4.78, 5) is 0. The molecule has 2 nitrogen and oxygen atoms in total. The van der Waals surface area contributed by atoms with Gasteiger partial charge in [-0.2, -0.15) is 8.75 Å². The van der Waals surface area contributed by atoms with Crippen molar-refractivity contribution in [1.29, 1.82) is 0 Å². The van der Waals surface area contributed by atoms with E-state index in [1.165, 1.54) is 0 Å². The second-order valence-electron chi connectivity index (χ2n) is 3.25. The summed E-state index contributed by atoms with van der Waals surface area (Å²) in [6.07, 6.45) is 1.74. The zero-order valence-corrected chi connectivity index (χ0v) is 10.8. The minimum Gasteiger partial charge on any atom is -0.171 e. The van der Waals surface area contributed by atoms with Crippen molar-refractivity contribution in [2.45, 2.75) is 26.7 Å². The standard InChI is InChI=1S/C10H10Cl2N2S/c1-3-5-6(4-2)8(12)10-9(7(5)11)13-15-14-10/h3-4H2,1-2H3. The molecule has 0 bridgehead atoms. The summed E-state index contributed by atoms with van der Waals surface area (Å²) in [5.41, 5.74) is 3.68. The van der Waals surface area contributed by atoms with Crippen LogP contribution in [0.2, 0.25) is 10.0 Å². The Balaban J connectivity index is 2.90. The van der Waals surface area contributed by atoms with Crippen LogP contribution >= 0.6 is 34.9 Å². The van der Waals surface area contributed by atoms with Gasteiger partial charge in [-0.25, -0.2) is 0 Å². The van der Waals surface area contributed by atoms with Gasteiger partial charge in [0.1, 0.15) is 11.0 Å². The predicted octanol–water partition coefficient (Wildman–Crippen LogP) is 4.12. The van der Waals surface area contributed by atoms with Crippen LogP contribution < -0.4 is 0 Å². The molecule has 0 spiro atoms. The number of fused-ring (bicyclic) bond motifs is 1. The van der Waals surface area contributed by atoms with E-state index in [1.807, 2.05) is 0 Å². The lowest BCUT2D eigenvalue weighted by atomic mass is 10.0. The lowest BCUT2D eigenvalue weighted by Crippen LogP contribution is -1.95. The Morgan fingerprint density at radius 1 is 0.933 bits per heavy atom. The smallest absolute Gasteiger partial charge is 0.125 e. The molecule has 0 radical (unpaired) electrons. The first-order chi connectivity index (χ1) is 7.20. The average Bonchev–Trinajstić information content (AvgIpc) is 2.72. The van der Waals surface area contributed by atoms with Crippen molar-refractivity contribution in [2.75, 3.05) is 0 Å². The number of halogens is 2. The maximum Gasteiger partial charge on any atom is 0.125 e. The average molecular weight is 261 g/mol. The summed E-state index contributed by atoms with van der Waals surface area (Å²) in [6.45, 7) is 4.14. The highest BCUT2D eigenvalue weighted by Gasteiger charge is 2.17. The molecule has 0 aliphatic carbocycles. The van der Waals surface area contributed by atoms with Crippen LogP contribution in [0.25, 0.3) is 11.0 Å². The van der Waals surface area contributed by atoms with Crippen LogP contribution in [0.15, 0.2) is 0 Å². The van der Waals surface area contributed by atoms with Crippen molar-refractivity contribution in [3.05, 3.63) is 21.2 Å². The van der Waals surface area contributed by atoms with E-state index in [-0.39, 0.29) is 0 Å². The van der Waals surface area contributed by atoms with Crippen LogP contribution in [0.3, 0.4) is 0 Å². The minimum atomic E-state index is 0.711. The fourth-order valence-corrected chi connectivity index (χ4v) is 3.18. The fourth-order valence-electron chi connectivity index (χ4n) is 1.76. The first-order valence-electron chi connectivity index (χ1n) is 4.81. The molecular weight excluding hydrogens is 251 g/mol. The SMILES string of the molecule is CCc1c(CC)c(Cl)c2nsnc2c1Cl. The summed E-state index contributed by atoms with van der Waals surface area (Å²) in [5, 5.41) is 1.42. The molecule has 0 aliphatic rings. The monoisotopic (exact) mass is 260 g/mol. The van der Waals surface area contributed by atoms with Crippen LogP contribution in [0.1, 0.15) is 25.0 Å². The first kappa shape index (κ1) is 11.1. The number of benzene rings is 1. The first-order valence-corrected chi connectivity index (χ1v) is 6.30. The quantitative estimate of drug-likeness (QED) is 0.812. The topological polar surface area (TPSA) is 25.8 Å². The van der Waals surface area contributed by atoms with E-state index in [0.29, 0.717) is 10.0 Å². The summed E-state index contributed by atoms with van der Waals surface area (Å²) >= 11 is 13.7. The largest absolute Gasteiger partial charge is 0.171 e. The fraction of sp³-hybridized carbons (Fsp3) is 0.400. The molecule has 0 amide bonds. The van der Waals surface area contributed by atoms with E-state index < -0.39 is 0 Å². The third-order valence-corrected chi connectivity index (χ3v) is 3.85. The van der Waals surface area contributed by atoms with Gasteiger partial charge < -0.3 is 0 Å². The number of nitrogens with zero attached hydrogens (tertiary/aromatic N) is 2. The van der Waals surface area contributed by atoms with Crippen LogP contribution in [0, 0.1) is 0 Å². The molecule has 2 aromatic rings. The zero-order chi connectivity index (χ0) is 11.0. The van der Waals surface area contributed by atoms with Crippen LogP contribution in [0.4, 0.5) is 0 Å². The Kier molecular flexibility index (Phi) is 3.14. The van der Waals surface area contributed by atoms with Gasteiger partial charge in [-0.1, -0.05) is 37.0 Å². The van der Waals surface area contributed by atoms with Crippen molar-refractivity contribution >= 4 is 46.0 Å². The molecule has 1 heterocycles. The van der Waals surface area contributed by atoms with Gasteiger partial charge in [0.15, 0.2) is 0 Å². The molecule has 0 aliphatic heterocycles. The lowest BCUT2D eigenvalue weighted by Gasteiger charge is -2.10. The van der Waals surface area contributed by atoms with E-state index in [0.717, 1.165) is 46.7 Å². The molecule has 0 N–H and O–H groups in total. The molecule has 0 saturated carbocycles. The highest BCUT2D eigenvalue weighted by molar-refractivity contribution is 7.00. The number of rotatable bonds is 2. The lowest BCUT2D eigenvalue weighted by molar-refractivity contribution is 1.04. The molecule has 2 rings (SSSR count). The van der Waals surface area contributed by atoms with Gasteiger partial charge in [-0.3, -0.25) is 0 Å². The second-order valence-corrected chi connectivity index (χ2v) is 4.54. The molecule has 1 aromatic heterocycles. The Morgan fingerprint density at radius 3 is 1.67 bits per heavy atom. The summed E-state index contributed by atoms with van der Waals surface area (Å²) < 4.78 is 8.35. The molecular formula is C10H10Cl2N2S. The molecule has 0 saturated heterocycles. The van der Waals surface area contributed by atoms with E-state index in [4.69, 9.17) is 23.2 Å². The van der Waals surface area contributed by atoms with Crippen molar-refractivity contribution < 1.29 is 0 Å². The molecule has 0 unspecified atom stereocenters. The maximum absolute atomic E-state index is 6.28. The highest BCUT2D eigenvalue weighted by Crippen LogP contribution is 2.36. The van der Waals surface area contributed by atoms with E-state index in [1.54, 1.807) is 0 Å². The third kappa shape index (κ3) is 1.63. The van der Waals surface area contributed by atoms with Crippen molar-refractivity contribution in [1.82, 2.24) is 8.75 Å². The van der Waals surface area contributed by atoms with E-state index >= 15 is 0 Å². The molecule has 80 valence electrons. The van der Waals surface area contributed by atoms with Crippen LogP contribution in [-0.2, 0) is 12.8 Å². The molecule has 1 aromatic carbocycles. The zero-order valence-electron chi connectivity index (χ0n) is 8.47. The van der Waals surface area contributed by atoms with Gasteiger partial charge in [-0.15, -0.1) is 0 Å². The Hall–Kier alpha value is -0.380. The normalized spacial score (nSPS) is 11.2. The van der Waals surface area contributed by atoms with Gasteiger partial charge in [0, 0.05) is 0 Å². The van der Waals surface area contributed by atoms with Crippen LogP contribution in [0.5, 0.6) is 0 Å². The highest BCUT2D eigenvalue weighted by atomic mass is 35.5. The maximum atomic E-state index is 6.28. The molecule has 0 fully saturated rings. The van der Waals surface area contributed by atoms with Crippen molar-refractivity contribution in [3.63, 3.8) is 0 Å². The van der Waals surface area contributed by atoms with Gasteiger partial charge in [0.2, 0.25) is 0 Å². The van der Waals surface area contributed by atoms with Crippen LogP contribution in [-0.4, -0.2) is 8.75 Å². The summed E-state index contributed by atoms with van der Waals surface area (Å²) in [6, 6.07) is 0. The van der Waals surface area contributed by atoms with E-state index in [2.05, 4.69) is 22.6 Å². The van der Waals surface area contributed by atoms with E-state index in [9.17, 15) is 0 Å². The summed E-state index contributed by atoms with van der Waals surface area (Å²) in [5.74, 6) is 0. The predicted molar refractivity (Wildman–Crippen MR) is 66.2 cm³/mol. The van der Waals surface area contributed by atoms with Gasteiger partial charge in [0.05, 0.1) is 21.8 Å². The Bertz CT molecular complexity index is 464. The second kappa shape index (κ2) is 4.24. The molecule has 15 heavy (non-hydrogen) atoms. The van der Waals surface area contributed by atoms with Crippen molar-refractivity contribution in [3.8, 4) is 0 Å². The molecule has 5 heteroatoms. The van der Waals surface area contributed by atoms with Gasteiger partial charge in [0.25, 0.3) is 0 Å². The molecule has 0 atom stereocenters. The number of hydrogen-bond donors (Lipinski definition) is 0. The summed E-state index contributed by atoms with van der Waals surface area (Å²) in [7, 11) is 0.